The van der Waals surface area contributed by atoms with Gasteiger partial charge in [0.2, 0.25) is 5.95 Å². The number of anilines is 2. The minimum atomic E-state index is 0.210. The van der Waals surface area contributed by atoms with Gasteiger partial charge in [-0.2, -0.15) is 4.98 Å². The van der Waals surface area contributed by atoms with Crippen LogP contribution in [-0.4, -0.2) is 15.2 Å². The van der Waals surface area contributed by atoms with Crippen LogP contribution in [0.4, 0.5) is 11.6 Å². The number of H-pyrrole nitrogens is 1. The van der Waals surface area contributed by atoms with Crippen LogP contribution in [0.3, 0.4) is 0 Å². The average Bonchev–Trinajstić information content (AvgIpc) is 2.51. The number of benzene rings is 1. The van der Waals surface area contributed by atoms with E-state index in [0.717, 1.165) is 10.0 Å². The summed E-state index contributed by atoms with van der Waals surface area (Å²) >= 11 is 3.32. The summed E-state index contributed by atoms with van der Waals surface area (Å²) in [6.45, 7) is 0. The van der Waals surface area contributed by atoms with Crippen molar-refractivity contribution in [1.29, 1.82) is 0 Å². The van der Waals surface area contributed by atoms with E-state index >= 15 is 0 Å². The minimum Gasteiger partial charge on any atom is -0.398 e. The van der Waals surface area contributed by atoms with Gasteiger partial charge in [0.15, 0.2) is 5.82 Å². The Morgan fingerprint density at radius 2 is 2.07 bits per heavy atom. The molecular weight excluding hydrogens is 246 g/mol. The van der Waals surface area contributed by atoms with Crippen LogP contribution in [0.2, 0.25) is 0 Å². The summed E-state index contributed by atoms with van der Waals surface area (Å²) in [6.07, 6.45) is 0. The van der Waals surface area contributed by atoms with Gasteiger partial charge in [-0.05, 0) is 18.2 Å². The lowest BCUT2D eigenvalue weighted by molar-refractivity contribution is 1.10. The Bertz CT molecular complexity index is 465. The molecule has 0 aliphatic rings. The van der Waals surface area contributed by atoms with Crippen LogP contribution in [0.1, 0.15) is 0 Å². The summed E-state index contributed by atoms with van der Waals surface area (Å²) in [5.41, 5.74) is 12.6. The second kappa shape index (κ2) is 3.30. The van der Waals surface area contributed by atoms with Gasteiger partial charge < -0.3 is 11.5 Å². The molecule has 0 aliphatic carbocycles. The third-order valence-corrected chi connectivity index (χ3v) is 2.26. The van der Waals surface area contributed by atoms with Crippen LogP contribution in [-0.2, 0) is 0 Å². The molecule has 0 saturated heterocycles. The third-order valence-electron chi connectivity index (χ3n) is 1.77. The fourth-order valence-electron chi connectivity index (χ4n) is 1.14. The normalized spacial score (nSPS) is 10.4. The third kappa shape index (κ3) is 1.56. The Hall–Kier alpha value is -1.56. The van der Waals surface area contributed by atoms with E-state index < -0.39 is 0 Å². The van der Waals surface area contributed by atoms with Crippen molar-refractivity contribution in [2.24, 2.45) is 0 Å². The van der Waals surface area contributed by atoms with Crippen LogP contribution in [0.25, 0.3) is 11.4 Å². The molecule has 5 N–H and O–H groups in total. The lowest BCUT2D eigenvalue weighted by Crippen LogP contribution is -1.91. The van der Waals surface area contributed by atoms with Crippen molar-refractivity contribution in [2.45, 2.75) is 0 Å². The number of nitrogens with zero attached hydrogens (tertiary/aromatic N) is 2. The number of nitrogen functional groups attached to an aromatic ring is 2. The van der Waals surface area contributed by atoms with Crippen molar-refractivity contribution >= 4 is 27.6 Å². The van der Waals surface area contributed by atoms with Crippen molar-refractivity contribution in [2.75, 3.05) is 11.5 Å². The molecule has 14 heavy (non-hydrogen) atoms. The molecule has 0 amide bonds. The Kier molecular flexibility index (Phi) is 2.12. The Morgan fingerprint density at radius 1 is 1.29 bits per heavy atom. The zero-order chi connectivity index (χ0) is 10.1. The number of rotatable bonds is 1. The molecule has 0 bridgehead atoms. The van der Waals surface area contributed by atoms with E-state index in [4.69, 9.17) is 11.5 Å². The Labute approximate surface area is 88.7 Å². The highest BCUT2D eigenvalue weighted by molar-refractivity contribution is 9.10. The quantitative estimate of drug-likeness (QED) is 0.670. The molecule has 5 nitrogen and oxygen atoms in total. The van der Waals surface area contributed by atoms with Crippen molar-refractivity contribution in [3.63, 3.8) is 0 Å². The van der Waals surface area contributed by atoms with Crippen molar-refractivity contribution < 1.29 is 0 Å². The zero-order valence-corrected chi connectivity index (χ0v) is 8.75. The van der Waals surface area contributed by atoms with Gasteiger partial charge in [0.25, 0.3) is 0 Å². The molecular formula is C8H8BrN5. The SMILES string of the molecule is Nc1n[nH]c(-c2ccc(Br)cc2N)n1. The molecule has 0 radical (unpaired) electrons. The first-order valence-electron chi connectivity index (χ1n) is 3.90. The first-order valence-corrected chi connectivity index (χ1v) is 4.69. The van der Waals surface area contributed by atoms with Gasteiger partial charge in [-0.3, -0.25) is 5.10 Å². The maximum atomic E-state index is 5.80. The van der Waals surface area contributed by atoms with E-state index in [9.17, 15) is 0 Å². The second-order valence-electron chi connectivity index (χ2n) is 2.77. The molecule has 0 aliphatic heterocycles. The fraction of sp³-hybridized carbons (Fsp3) is 0. The monoisotopic (exact) mass is 253 g/mol. The summed E-state index contributed by atoms with van der Waals surface area (Å²) in [5.74, 6) is 0.787. The molecule has 6 heteroatoms. The number of hydrogen-bond donors (Lipinski definition) is 3. The van der Waals surface area contributed by atoms with Crippen LogP contribution < -0.4 is 11.5 Å². The van der Waals surface area contributed by atoms with Gasteiger partial charge in [-0.15, -0.1) is 5.10 Å². The van der Waals surface area contributed by atoms with Crippen LogP contribution in [0, 0.1) is 0 Å². The molecule has 2 rings (SSSR count). The minimum absolute atomic E-state index is 0.210. The molecule has 72 valence electrons. The van der Waals surface area contributed by atoms with Gasteiger partial charge in [0, 0.05) is 15.7 Å². The largest absolute Gasteiger partial charge is 0.398 e. The van der Waals surface area contributed by atoms with Gasteiger partial charge in [-0.1, -0.05) is 15.9 Å². The van der Waals surface area contributed by atoms with Crippen molar-refractivity contribution in [3.05, 3.63) is 22.7 Å². The predicted octanol–water partition coefficient (Wildman–Crippen LogP) is 1.40. The molecule has 0 fully saturated rings. The highest BCUT2D eigenvalue weighted by atomic mass is 79.9. The summed E-state index contributed by atoms with van der Waals surface area (Å²) in [5, 5.41) is 6.43. The number of aromatic amines is 1. The summed E-state index contributed by atoms with van der Waals surface area (Å²) in [6, 6.07) is 5.53. The van der Waals surface area contributed by atoms with E-state index in [2.05, 4.69) is 31.1 Å². The van der Waals surface area contributed by atoms with E-state index in [1.807, 2.05) is 12.1 Å². The first kappa shape index (κ1) is 9.01. The van der Waals surface area contributed by atoms with E-state index in [0.29, 0.717) is 11.5 Å². The number of nitrogens with two attached hydrogens (primary N) is 2. The van der Waals surface area contributed by atoms with E-state index in [1.54, 1.807) is 6.07 Å². The lowest BCUT2D eigenvalue weighted by atomic mass is 10.2. The molecule has 0 atom stereocenters. The van der Waals surface area contributed by atoms with Crippen molar-refractivity contribution in [1.82, 2.24) is 15.2 Å². The average molecular weight is 254 g/mol. The van der Waals surface area contributed by atoms with Crippen LogP contribution >= 0.6 is 15.9 Å². The number of aromatic nitrogens is 3. The van der Waals surface area contributed by atoms with Gasteiger partial charge in [0.05, 0.1) is 0 Å². The Morgan fingerprint density at radius 3 is 2.64 bits per heavy atom. The maximum Gasteiger partial charge on any atom is 0.239 e. The smallest absolute Gasteiger partial charge is 0.239 e. The van der Waals surface area contributed by atoms with Gasteiger partial charge in [0.1, 0.15) is 0 Å². The van der Waals surface area contributed by atoms with Gasteiger partial charge >= 0.3 is 0 Å². The van der Waals surface area contributed by atoms with Crippen molar-refractivity contribution in [3.8, 4) is 11.4 Å². The van der Waals surface area contributed by atoms with E-state index in [-0.39, 0.29) is 5.95 Å². The molecule has 0 spiro atoms. The molecule has 1 heterocycles. The lowest BCUT2D eigenvalue weighted by Gasteiger charge is -2.01. The topological polar surface area (TPSA) is 93.6 Å². The van der Waals surface area contributed by atoms with Crippen LogP contribution in [0.15, 0.2) is 22.7 Å². The molecule has 2 aromatic rings. The number of halogens is 1. The zero-order valence-electron chi connectivity index (χ0n) is 7.16. The summed E-state index contributed by atoms with van der Waals surface area (Å²) in [7, 11) is 0. The van der Waals surface area contributed by atoms with E-state index in [1.165, 1.54) is 0 Å². The summed E-state index contributed by atoms with van der Waals surface area (Å²) in [4.78, 5) is 3.99. The fourth-order valence-corrected chi connectivity index (χ4v) is 1.52. The highest BCUT2D eigenvalue weighted by Crippen LogP contribution is 2.25. The highest BCUT2D eigenvalue weighted by Gasteiger charge is 2.06. The predicted molar refractivity (Wildman–Crippen MR) is 58.3 cm³/mol. The van der Waals surface area contributed by atoms with Crippen LogP contribution in [0.5, 0.6) is 0 Å². The Balaban J connectivity index is 2.52. The molecule has 1 aromatic carbocycles. The molecule has 0 saturated carbocycles. The summed E-state index contributed by atoms with van der Waals surface area (Å²) < 4.78 is 0.922. The first-order chi connectivity index (χ1) is 6.66. The van der Waals surface area contributed by atoms with Gasteiger partial charge in [-0.25, -0.2) is 0 Å². The number of hydrogen-bond acceptors (Lipinski definition) is 4. The second-order valence-corrected chi connectivity index (χ2v) is 3.69. The standard InChI is InChI=1S/C8H8BrN5/c9-4-1-2-5(6(10)3-4)7-12-8(11)14-13-7/h1-3H,10H2,(H3,11,12,13,14). The number of nitrogens with one attached hydrogen (secondary N) is 1. The molecule has 0 unspecified atom stereocenters. The molecule has 1 aromatic heterocycles. The maximum absolute atomic E-state index is 5.80.